The van der Waals surface area contributed by atoms with Crippen molar-refractivity contribution in [3.05, 3.63) is 42.0 Å². The van der Waals surface area contributed by atoms with Crippen LogP contribution in [0.25, 0.3) is 22.6 Å². The number of oxazole rings is 1. The van der Waals surface area contributed by atoms with Gasteiger partial charge in [0, 0.05) is 12.6 Å². The Morgan fingerprint density at radius 1 is 1.15 bits per heavy atom. The van der Waals surface area contributed by atoms with Crippen LogP contribution in [0.2, 0.25) is 0 Å². The van der Waals surface area contributed by atoms with Crippen LogP contribution in [0, 0.1) is 6.92 Å². The maximum atomic E-state index is 5.83. The highest BCUT2D eigenvalue weighted by atomic mass is 16.5. The lowest BCUT2D eigenvalue weighted by Gasteiger charge is -2.08. The van der Waals surface area contributed by atoms with Crippen molar-refractivity contribution in [2.75, 3.05) is 19.5 Å². The number of ether oxygens (including phenoxy) is 1. The number of rotatable bonds is 3. The predicted molar refractivity (Wildman–Crippen MR) is 80.3 cm³/mol. The first-order valence-electron chi connectivity index (χ1n) is 6.44. The second-order valence-corrected chi connectivity index (χ2v) is 4.66. The normalized spacial score (nSPS) is 10.8. The van der Waals surface area contributed by atoms with Gasteiger partial charge < -0.3 is 14.5 Å². The Kier molecular flexibility index (Phi) is 3.06. The fraction of sp³-hybridized carbons (Fsp3) is 0.188. The minimum atomic E-state index is 0.616. The number of benzene rings is 2. The van der Waals surface area contributed by atoms with Gasteiger partial charge in [0.15, 0.2) is 5.58 Å². The van der Waals surface area contributed by atoms with Gasteiger partial charge in [-0.05, 0) is 42.8 Å². The number of nitrogens with one attached hydrogen (secondary N) is 1. The van der Waals surface area contributed by atoms with Crippen molar-refractivity contribution in [2.24, 2.45) is 0 Å². The monoisotopic (exact) mass is 268 g/mol. The number of aromatic nitrogens is 1. The number of aryl methyl sites for hydroxylation is 1. The summed E-state index contributed by atoms with van der Waals surface area (Å²) in [6.07, 6.45) is 0. The predicted octanol–water partition coefficient (Wildman–Crippen LogP) is 3.85. The first-order valence-corrected chi connectivity index (χ1v) is 6.44. The van der Waals surface area contributed by atoms with Gasteiger partial charge in [-0.15, -0.1) is 0 Å². The van der Waals surface area contributed by atoms with Crippen LogP contribution in [-0.4, -0.2) is 19.1 Å². The first kappa shape index (κ1) is 12.5. The molecule has 3 aromatic rings. The molecule has 4 heteroatoms. The van der Waals surface area contributed by atoms with E-state index in [1.165, 1.54) is 0 Å². The van der Waals surface area contributed by atoms with Crippen LogP contribution in [0.4, 0.5) is 5.69 Å². The summed E-state index contributed by atoms with van der Waals surface area (Å²) < 4.78 is 11.1. The zero-order chi connectivity index (χ0) is 14.1. The van der Waals surface area contributed by atoms with Gasteiger partial charge in [-0.25, -0.2) is 4.98 Å². The molecule has 0 atom stereocenters. The highest BCUT2D eigenvalue weighted by Crippen LogP contribution is 2.31. The van der Waals surface area contributed by atoms with E-state index in [9.17, 15) is 0 Å². The van der Waals surface area contributed by atoms with Crippen molar-refractivity contribution >= 4 is 16.8 Å². The standard InChI is InChI=1S/C16H16N2O2/c1-10-4-6-12-15(8-10)20-16(18-12)11-5-7-14(19-3)13(9-11)17-2/h4-9,17H,1-3H3. The van der Waals surface area contributed by atoms with Crippen molar-refractivity contribution in [2.45, 2.75) is 6.92 Å². The Bertz CT molecular complexity index is 762. The molecular weight excluding hydrogens is 252 g/mol. The largest absolute Gasteiger partial charge is 0.495 e. The van der Waals surface area contributed by atoms with Gasteiger partial charge in [0.2, 0.25) is 5.89 Å². The summed E-state index contributed by atoms with van der Waals surface area (Å²) in [7, 11) is 3.51. The van der Waals surface area contributed by atoms with Gasteiger partial charge in [0.1, 0.15) is 11.3 Å². The zero-order valence-electron chi connectivity index (χ0n) is 11.7. The number of fused-ring (bicyclic) bond motifs is 1. The molecule has 0 aliphatic rings. The highest BCUT2D eigenvalue weighted by molar-refractivity contribution is 5.78. The van der Waals surface area contributed by atoms with E-state index in [0.717, 1.165) is 33.7 Å². The summed E-state index contributed by atoms with van der Waals surface area (Å²) >= 11 is 0. The Hall–Kier alpha value is -2.49. The van der Waals surface area contributed by atoms with E-state index < -0.39 is 0 Å². The molecule has 20 heavy (non-hydrogen) atoms. The molecule has 3 rings (SSSR count). The fourth-order valence-electron chi connectivity index (χ4n) is 2.19. The molecule has 0 saturated carbocycles. The van der Waals surface area contributed by atoms with Gasteiger partial charge in [0.05, 0.1) is 12.8 Å². The number of nitrogens with zero attached hydrogens (tertiary/aromatic N) is 1. The van der Waals surface area contributed by atoms with Crippen molar-refractivity contribution in [1.82, 2.24) is 4.98 Å². The number of methoxy groups -OCH3 is 1. The summed E-state index contributed by atoms with van der Waals surface area (Å²) in [5, 5.41) is 3.11. The summed E-state index contributed by atoms with van der Waals surface area (Å²) in [5.41, 5.74) is 4.66. The van der Waals surface area contributed by atoms with Crippen LogP contribution in [0.5, 0.6) is 5.75 Å². The van der Waals surface area contributed by atoms with E-state index in [2.05, 4.69) is 10.3 Å². The Balaban J connectivity index is 2.10. The topological polar surface area (TPSA) is 47.3 Å². The molecule has 102 valence electrons. The minimum absolute atomic E-state index is 0.616. The Labute approximate surface area is 117 Å². The number of hydrogen-bond acceptors (Lipinski definition) is 4. The van der Waals surface area contributed by atoms with Crippen LogP contribution in [0.15, 0.2) is 40.8 Å². The summed E-state index contributed by atoms with van der Waals surface area (Å²) in [5.74, 6) is 1.41. The molecule has 1 heterocycles. The molecule has 0 amide bonds. The lowest BCUT2D eigenvalue weighted by atomic mass is 10.2. The lowest BCUT2D eigenvalue weighted by molar-refractivity contribution is 0.416. The van der Waals surface area contributed by atoms with Gasteiger partial charge in [0.25, 0.3) is 0 Å². The molecule has 0 spiro atoms. The Morgan fingerprint density at radius 3 is 2.75 bits per heavy atom. The van der Waals surface area contributed by atoms with Gasteiger partial charge in [-0.1, -0.05) is 6.07 Å². The van der Waals surface area contributed by atoms with Crippen molar-refractivity contribution in [1.29, 1.82) is 0 Å². The van der Waals surface area contributed by atoms with E-state index in [1.54, 1.807) is 7.11 Å². The van der Waals surface area contributed by atoms with E-state index in [1.807, 2.05) is 50.4 Å². The number of hydrogen-bond donors (Lipinski definition) is 1. The molecular formula is C16H16N2O2. The highest BCUT2D eigenvalue weighted by Gasteiger charge is 2.10. The quantitative estimate of drug-likeness (QED) is 0.783. The van der Waals surface area contributed by atoms with Crippen LogP contribution in [-0.2, 0) is 0 Å². The van der Waals surface area contributed by atoms with Crippen molar-refractivity contribution in [3.8, 4) is 17.2 Å². The SMILES string of the molecule is CNc1cc(-c2nc3ccc(C)cc3o2)ccc1OC. The molecule has 2 aromatic carbocycles. The second-order valence-electron chi connectivity index (χ2n) is 4.66. The van der Waals surface area contributed by atoms with Crippen LogP contribution < -0.4 is 10.1 Å². The van der Waals surface area contributed by atoms with Crippen LogP contribution in [0.3, 0.4) is 0 Å². The molecule has 1 aromatic heterocycles. The smallest absolute Gasteiger partial charge is 0.227 e. The first-order chi connectivity index (χ1) is 9.71. The summed E-state index contributed by atoms with van der Waals surface area (Å²) in [6.45, 7) is 2.04. The molecule has 0 bridgehead atoms. The van der Waals surface area contributed by atoms with Crippen molar-refractivity contribution < 1.29 is 9.15 Å². The summed E-state index contributed by atoms with van der Waals surface area (Å²) in [4.78, 5) is 4.52. The molecule has 4 nitrogen and oxygen atoms in total. The summed E-state index contributed by atoms with van der Waals surface area (Å²) in [6, 6.07) is 11.8. The average Bonchev–Trinajstić information content (AvgIpc) is 2.89. The fourth-order valence-corrected chi connectivity index (χ4v) is 2.19. The molecule has 0 unspecified atom stereocenters. The van der Waals surface area contributed by atoms with E-state index in [-0.39, 0.29) is 0 Å². The third-order valence-corrected chi connectivity index (χ3v) is 3.26. The molecule has 1 N–H and O–H groups in total. The van der Waals surface area contributed by atoms with Crippen LogP contribution >= 0.6 is 0 Å². The van der Waals surface area contributed by atoms with Crippen LogP contribution in [0.1, 0.15) is 5.56 Å². The van der Waals surface area contributed by atoms with E-state index >= 15 is 0 Å². The second kappa shape index (κ2) is 4.89. The van der Waals surface area contributed by atoms with Crippen molar-refractivity contribution in [3.63, 3.8) is 0 Å². The maximum absolute atomic E-state index is 5.83. The average molecular weight is 268 g/mol. The number of anilines is 1. The Morgan fingerprint density at radius 2 is 2.00 bits per heavy atom. The lowest BCUT2D eigenvalue weighted by Crippen LogP contribution is -1.94. The van der Waals surface area contributed by atoms with E-state index in [4.69, 9.17) is 9.15 Å². The zero-order valence-corrected chi connectivity index (χ0v) is 11.7. The minimum Gasteiger partial charge on any atom is -0.495 e. The van der Waals surface area contributed by atoms with Gasteiger partial charge in [-0.2, -0.15) is 0 Å². The van der Waals surface area contributed by atoms with Gasteiger partial charge in [-0.3, -0.25) is 0 Å². The van der Waals surface area contributed by atoms with Gasteiger partial charge >= 0.3 is 0 Å². The maximum Gasteiger partial charge on any atom is 0.227 e. The molecule has 0 saturated heterocycles. The molecule has 0 radical (unpaired) electrons. The molecule has 0 aliphatic carbocycles. The molecule has 0 fully saturated rings. The third kappa shape index (κ3) is 2.09. The molecule has 0 aliphatic heterocycles. The third-order valence-electron chi connectivity index (χ3n) is 3.26. The van der Waals surface area contributed by atoms with E-state index in [0.29, 0.717) is 5.89 Å².